The van der Waals surface area contributed by atoms with Crippen molar-refractivity contribution < 1.29 is 17.9 Å². The zero-order chi connectivity index (χ0) is 19.6. The number of nitrogens with one attached hydrogen (secondary N) is 1. The lowest BCUT2D eigenvalue weighted by Crippen LogP contribution is -2.19. The van der Waals surface area contributed by atoms with Crippen LogP contribution >= 0.6 is 0 Å². The second-order valence-electron chi connectivity index (χ2n) is 6.60. The molecule has 0 radical (unpaired) electrons. The lowest BCUT2D eigenvalue weighted by atomic mass is 10.2. The quantitative estimate of drug-likeness (QED) is 0.687. The number of benzene rings is 2. The Morgan fingerprint density at radius 3 is 2.82 bits per heavy atom. The van der Waals surface area contributed by atoms with E-state index in [1.54, 1.807) is 16.8 Å². The largest absolute Gasteiger partial charge is 0.489 e. The zero-order valence-corrected chi connectivity index (χ0v) is 16.3. The van der Waals surface area contributed by atoms with Crippen molar-refractivity contribution in [2.24, 2.45) is 0 Å². The minimum Gasteiger partial charge on any atom is -0.489 e. The molecule has 3 aromatic rings. The molecule has 1 N–H and O–H groups in total. The summed E-state index contributed by atoms with van der Waals surface area (Å²) < 4.78 is 41.1. The average Bonchev–Trinajstić information content (AvgIpc) is 3.14. The first-order valence-corrected chi connectivity index (χ1v) is 10.5. The van der Waals surface area contributed by atoms with Gasteiger partial charge in [-0.25, -0.2) is 13.1 Å². The fourth-order valence-corrected chi connectivity index (χ4v) is 4.22. The molecule has 4 rings (SSSR count). The van der Waals surface area contributed by atoms with Crippen molar-refractivity contribution >= 4 is 15.7 Å². The number of aryl methyl sites for hydroxylation is 2. The Kier molecular flexibility index (Phi) is 4.95. The smallest absolute Gasteiger partial charge is 0.268 e. The first-order valence-electron chi connectivity index (χ1n) is 9.02. The number of aromatic nitrogens is 2. The molecule has 8 heteroatoms. The van der Waals surface area contributed by atoms with Gasteiger partial charge in [0.1, 0.15) is 12.4 Å². The Balaban J connectivity index is 1.49. The molecular weight excluding hydrogens is 378 g/mol. The van der Waals surface area contributed by atoms with Gasteiger partial charge in [-0.1, -0.05) is 30.3 Å². The monoisotopic (exact) mass is 399 g/mol. The summed E-state index contributed by atoms with van der Waals surface area (Å²) in [6.07, 6.45) is 2.14. The number of rotatable bonds is 6. The summed E-state index contributed by atoms with van der Waals surface area (Å²) >= 11 is 0. The van der Waals surface area contributed by atoms with Crippen LogP contribution in [0.1, 0.15) is 17.5 Å². The maximum absolute atomic E-state index is 12.8. The van der Waals surface area contributed by atoms with E-state index >= 15 is 0 Å². The molecule has 1 aromatic heterocycles. The van der Waals surface area contributed by atoms with Gasteiger partial charge < -0.3 is 9.47 Å². The highest BCUT2D eigenvalue weighted by Crippen LogP contribution is 2.30. The SMILES string of the molecule is Cc1cc(OCc2ccccc2)ccc1NS(=O)(=O)c1cnn2c1OCCC2. The van der Waals surface area contributed by atoms with Gasteiger partial charge in [0, 0.05) is 13.0 Å². The summed E-state index contributed by atoms with van der Waals surface area (Å²) in [5.74, 6) is 0.967. The van der Waals surface area contributed by atoms with Crippen molar-refractivity contribution in [2.45, 2.75) is 31.4 Å². The van der Waals surface area contributed by atoms with Crippen molar-refractivity contribution in [2.75, 3.05) is 11.3 Å². The highest BCUT2D eigenvalue weighted by Gasteiger charge is 2.27. The number of ether oxygens (including phenoxy) is 2. The van der Waals surface area contributed by atoms with E-state index in [2.05, 4.69) is 9.82 Å². The number of hydrogen-bond acceptors (Lipinski definition) is 5. The molecule has 28 heavy (non-hydrogen) atoms. The minimum absolute atomic E-state index is 0.0519. The van der Waals surface area contributed by atoms with Crippen LogP contribution in [0.4, 0.5) is 5.69 Å². The van der Waals surface area contributed by atoms with Crippen LogP contribution in [0.15, 0.2) is 59.6 Å². The van der Waals surface area contributed by atoms with Gasteiger partial charge in [0.25, 0.3) is 10.0 Å². The topological polar surface area (TPSA) is 82.5 Å². The summed E-state index contributed by atoms with van der Waals surface area (Å²) in [4.78, 5) is 0.0519. The molecular formula is C20H21N3O4S. The molecule has 0 saturated heterocycles. The summed E-state index contributed by atoms with van der Waals surface area (Å²) in [5, 5.41) is 4.11. The Labute approximate surface area is 164 Å². The van der Waals surface area contributed by atoms with Gasteiger partial charge in [-0.15, -0.1) is 0 Å². The maximum Gasteiger partial charge on any atom is 0.268 e. The number of anilines is 1. The molecule has 1 aliphatic heterocycles. The third-order valence-electron chi connectivity index (χ3n) is 4.49. The lowest BCUT2D eigenvalue weighted by molar-refractivity contribution is 0.224. The summed E-state index contributed by atoms with van der Waals surface area (Å²) in [5.41, 5.74) is 2.31. The van der Waals surface area contributed by atoms with Crippen LogP contribution in [0.25, 0.3) is 0 Å². The third-order valence-corrected chi connectivity index (χ3v) is 5.84. The maximum atomic E-state index is 12.8. The van der Waals surface area contributed by atoms with Crippen LogP contribution in [0.5, 0.6) is 11.6 Å². The molecule has 7 nitrogen and oxygen atoms in total. The Morgan fingerprint density at radius 2 is 2.04 bits per heavy atom. The first kappa shape index (κ1) is 18.4. The van der Waals surface area contributed by atoms with Crippen molar-refractivity contribution in [1.82, 2.24) is 9.78 Å². The van der Waals surface area contributed by atoms with E-state index in [0.717, 1.165) is 17.5 Å². The van der Waals surface area contributed by atoms with E-state index in [-0.39, 0.29) is 4.90 Å². The average molecular weight is 399 g/mol. The van der Waals surface area contributed by atoms with Gasteiger partial charge in [0.2, 0.25) is 5.88 Å². The molecule has 0 unspecified atom stereocenters. The molecule has 2 aromatic carbocycles. The number of nitrogens with zero attached hydrogens (tertiary/aromatic N) is 2. The molecule has 0 atom stereocenters. The van der Waals surface area contributed by atoms with E-state index in [1.165, 1.54) is 6.20 Å². The van der Waals surface area contributed by atoms with Crippen LogP contribution in [-0.4, -0.2) is 24.8 Å². The second kappa shape index (κ2) is 7.55. The molecule has 0 spiro atoms. The van der Waals surface area contributed by atoms with E-state index in [1.807, 2.05) is 43.3 Å². The van der Waals surface area contributed by atoms with Crippen molar-refractivity contribution in [3.8, 4) is 11.6 Å². The Bertz CT molecular complexity index is 1080. The van der Waals surface area contributed by atoms with E-state index < -0.39 is 10.0 Å². The molecule has 0 amide bonds. The molecule has 146 valence electrons. The predicted octanol–water partition coefficient (Wildman–Crippen LogP) is 3.35. The number of sulfonamides is 1. The van der Waals surface area contributed by atoms with Crippen LogP contribution in [0.2, 0.25) is 0 Å². The number of fused-ring (bicyclic) bond motifs is 1. The van der Waals surface area contributed by atoms with Crippen LogP contribution in [-0.2, 0) is 23.2 Å². The molecule has 0 fully saturated rings. The highest BCUT2D eigenvalue weighted by atomic mass is 32.2. The van der Waals surface area contributed by atoms with Gasteiger partial charge in [-0.05, 0) is 36.2 Å². The molecule has 0 bridgehead atoms. The second-order valence-corrected chi connectivity index (χ2v) is 8.25. The van der Waals surface area contributed by atoms with Gasteiger partial charge in [0.15, 0.2) is 4.90 Å². The summed E-state index contributed by atoms with van der Waals surface area (Å²) in [6.45, 7) is 3.42. The van der Waals surface area contributed by atoms with E-state index in [4.69, 9.17) is 9.47 Å². The van der Waals surface area contributed by atoms with E-state index in [0.29, 0.717) is 37.1 Å². The molecule has 2 heterocycles. The predicted molar refractivity (Wildman–Crippen MR) is 105 cm³/mol. The summed E-state index contributed by atoms with van der Waals surface area (Å²) in [7, 11) is -3.80. The van der Waals surface area contributed by atoms with Crippen LogP contribution in [0, 0.1) is 6.92 Å². The fraction of sp³-hybridized carbons (Fsp3) is 0.250. The number of hydrogen-bond donors (Lipinski definition) is 1. The van der Waals surface area contributed by atoms with Gasteiger partial charge in [-0.2, -0.15) is 5.10 Å². The zero-order valence-electron chi connectivity index (χ0n) is 15.5. The van der Waals surface area contributed by atoms with Crippen LogP contribution < -0.4 is 14.2 Å². The van der Waals surface area contributed by atoms with Gasteiger partial charge in [-0.3, -0.25) is 4.72 Å². The first-order chi connectivity index (χ1) is 13.5. The molecule has 1 aliphatic rings. The third kappa shape index (κ3) is 3.82. The lowest BCUT2D eigenvalue weighted by Gasteiger charge is -2.17. The van der Waals surface area contributed by atoms with Crippen molar-refractivity contribution in [1.29, 1.82) is 0 Å². The van der Waals surface area contributed by atoms with Crippen molar-refractivity contribution in [3.63, 3.8) is 0 Å². The Morgan fingerprint density at radius 1 is 1.21 bits per heavy atom. The standard InChI is InChI=1S/C20H21N3O4S/c1-15-12-17(27-14-16-6-3-2-4-7-16)8-9-18(15)22-28(24,25)19-13-21-23-10-5-11-26-20(19)23/h2-4,6-9,12-13,22H,5,10-11,14H2,1H3. The summed E-state index contributed by atoms with van der Waals surface area (Å²) in [6, 6.07) is 15.1. The normalized spacial score (nSPS) is 13.5. The molecule has 0 aliphatic carbocycles. The molecule has 0 saturated carbocycles. The Hall–Kier alpha value is -3.00. The highest BCUT2D eigenvalue weighted by molar-refractivity contribution is 7.92. The van der Waals surface area contributed by atoms with Gasteiger partial charge >= 0.3 is 0 Å². The minimum atomic E-state index is -3.80. The fourth-order valence-electron chi connectivity index (χ4n) is 3.01. The van der Waals surface area contributed by atoms with E-state index in [9.17, 15) is 8.42 Å². The van der Waals surface area contributed by atoms with Crippen LogP contribution in [0.3, 0.4) is 0 Å². The van der Waals surface area contributed by atoms with Gasteiger partial charge in [0.05, 0.1) is 18.5 Å². The van der Waals surface area contributed by atoms with Crippen molar-refractivity contribution in [3.05, 3.63) is 65.9 Å².